The third kappa shape index (κ3) is 5.27. The Kier molecular flexibility index (Phi) is 7.19. The van der Waals surface area contributed by atoms with Crippen molar-refractivity contribution in [3.05, 3.63) is 102 Å². The molecule has 6 nitrogen and oxygen atoms in total. The number of esters is 1. The molecule has 0 amide bonds. The molecule has 0 aliphatic carbocycles. The number of hydrogen-bond donors (Lipinski definition) is 2. The van der Waals surface area contributed by atoms with E-state index < -0.39 is 11.6 Å². The molecule has 0 radical (unpaired) electrons. The molecule has 0 atom stereocenters. The van der Waals surface area contributed by atoms with Gasteiger partial charge in [0, 0.05) is 52.5 Å². The number of nitrogens with one attached hydrogen (secondary N) is 2. The van der Waals surface area contributed by atoms with Crippen LogP contribution in [0.1, 0.15) is 44.0 Å². The summed E-state index contributed by atoms with van der Waals surface area (Å²) < 4.78 is 41.3. The first kappa shape index (κ1) is 26.2. The van der Waals surface area contributed by atoms with Crippen LogP contribution in [0.4, 0.5) is 8.78 Å². The van der Waals surface area contributed by atoms with Gasteiger partial charge in [-0.3, -0.25) is 4.79 Å². The highest BCUT2D eigenvalue weighted by Crippen LogP contribution is 2.37. The van der Waals surface area contributed by atoms with E-state index in [4.69, 9.17) is 9.47 Å². The number of carbonyl (C=O) groups excluding carboxylic acids is 1. The van der Waals surface area contributed by atoms with Gasteiger partial charge in [0.15, 0.2) is 11.6 Å². The molecule has 2 heterocycles. The summed E-state index contributed by atoms with van der Waals surface area (Å²) in [6, 6.07) is 17.3. The molecular weight excluding hydrogens is 500 g/mol. The lowest BCUT2D eigenvalue weighted by atomic mass is 9.82. The Labute approximate surface area is 225 Å². The Hall–Kier alpha value is -4.46. The average molecular weight is 530 g/mol. The summed E-state index contributed by atoms with van der Waals surface area (Å²) in [6.45, 7) is 6.12. The predicted octanol–water partition coefficient (Wildman–Crippen LogP) is 7.45. The molecule has 5 aromatic rings. The maximum Gasteiger partial charge on any atom is 0.306 e. The highest BCUT2D eigenvalue weighted by Gasteiger charge is 2.26. The van der Waals surface area contributed by atoms with Crippen molar-refractivity contribution >= 4 is 16.9 Å². The number of carbonyl (C=O) groups is 1. The van der Waals surface area contributed by atoms with Gasteiger partial charge in [-0.2, -0.15) is 0 Å². The topological polar surface area (TPSA) is 80.0 Å². The summed E-state index contributed by atoms with van der Waals surface area (Å²) in [4.78, 5) is 22.7. The summed E-state index contributed by atoms with van der Waals surface area (Å²) in [5, 5.41) is 0.733. The fraction of sp³-hybridized carbons (Fsp3) is 0.226. The Morgan fingerprint density at radius 1 is 1.03 bits per heavy atom. The van der Waals surface area contributed by atoms with Crippen molar-refractivity contribution in [3.8, 4) is 22.9 Å². The lowest BCUT2D eigenvalue weighted by molar-refractivity contribution is -0.143. The molecule has 8 heteroatoms. The number of fused-ring (bicyclic) bond motifs is 1. The van der Waals surface area contributed by atoms with Crippen LogP contribution in [-0.4, -0.2) is 27.5 Å². The summed E-state index contributed by atoms with van der Waals surface area (Å²) in [5.74, 6) is -0.926. The Bertz CT molecular complexity index is 1620. The molecule has 5 rings (SSSR count). The van der Waals surface area contributed by atoms with E-state index in [9.17, 15) is 9.18 Å². The normalized spacial score (nSPS) is 11.6. The van der Waals surface area contributed by atoms with Gasteiger partial charge in [-0.15, -0.1) is 0 Å². The molecule has 200 valence electrons. The minimum atomic E-state index is -0.598. The third-order valence-corrected chi connectivity index (χ3v) is 6.91. The van der Waals surface area contributed by atoms with E-state index in [1.807, 2.05) is 30.3 Å². The molecule has 2 aromatic heterocycles. The summed E-state index contributed by atoms with van der Waals surface area (Å²) in [7, 11) is 0. The van der Waals surface area contributed by atoms with Crippen LogP contribution in [0.3, 0.4) is 0 Å². The van der Waals surface area contributed by atoms with Crippen molar-refractivity contribution in [2.45, 2.75) is 39.0 Å². The maximum absolute atomic E-state index is 15.3. The van der Waals surface area contributed by atoms with Crippen LogP contribution in [0.15, 0.2) is 73.1 Å². The van der Waals surface area contributed by atoms with Gasteiger partial charge in [0.2, 0.25) is 0 Å². The Morgan fingerprint density at radius 2 is 1.82 bits per heavy atom. The van der Waals surface area contributed by atoms with Crippen molar-refractivity contribution in [1.29, 1.82) is 0 Å². The van der Waals surface area contributed by atoms with E-state index in [0.29, 0.717) is 16.9 Å². The van der Waals surface area contributed by atoms with E-state index >= 15 is 4.39 Å². The first-order valence-electron chi connectivity index (χ1n) is 12.8. The minimum absolute atomic E-state index is 0.0192. The molecule has 0 aliphatic rings. The molecule has 0 spiro atoms. The quantitative estimate of drug-likeness (QED) is 0.194. The van der Waals surface area contributed by atoms with E-state index in [2.05, 4.69) is 28.8 Å². The van der Waals surface area contributed by atoms with Crippen molar-refractivity contribution in [1.82, 2.24) is 15.0 Å². The zero-order valence-corrected chi connectivity index (χ0v) is 22.0. The fourth-order valence-corrected chi connectivity index (χ4v) is 4.70. The molecule has 0 fully saturated rings. The van der Waals surface area contributed by atoms with E-state index in [1.54, 1.807) is 25.4 Å². The van der Waals surface area contributed by atoms with Crippen LogP contribution < -0.4 is 4.74 Å². The largest absolute Gasteiger partial charge is 0.466 e. The fourth-order valence-electron chi connectivity index (χ4n) is 4.70. The number of nitrogens with zero attached hydrogens (tertiary/aromatic N) is 1. The van der Waals surface area contributed by atoms with Crippen LogP contribution in [0.5, 0.6) is 11.5 Å². The van der Waals surface area contributed by atoms with Gasteiger partial charge >= 0.3 is 5.97 Å². The number of imidazole rings is 1. The van der Waals surface area contributed by atoms with Crippen molar-refractivity contribution in [3.63, 3.8) is 0 Å². The molecular formula is C31H29F2N3O3. The molecule has 0 saturated heterocycles. The number of H-pyrrole nitrogens is 2. The predicted molar refractivity (Wildman–Crippen MR) is 146 cm³/mol. The molecule has 0 bridgehead atoms. The molecule has 0 aliphatic heterocycles. The summed E-state index contributed by atoms with van der Waals surface area (Å²) in [6.07, 6.45) is 3.67. The minimum Gasteiger partial charge on any atom is -0.466 e. The van der Waals surface area contributed by atoms with Crippen LogP contribution in [0.2, 0.25) is 0 Å². The average Bonchev–Trinajstić information content (AvgIpc) is 3.61. The highest BCUT2D eigenvalue weighted by molar-refractivity contribution is 5.86. The molecule has 39 heavy (non-hydrogen) atoms. The first-order chi connectivity index (χ1) is 18.8. The number of benzene rings is 3. The lowest BCUT2D eigenvalue weighted by Gasteiger charge is -2.23. The molecule has 0 saturated carbocycles. The Balaban J connectivity index is 1.48. The van der Waals surface area contributed by atoms with Crippen LogP contribution >= 0.6 is 0 Å². The van der Waals surface area contributed by atoms with Crippen molar-refractivity contribution in [2.24, 2.45) is 0 Å². The molecule has 2 N–H and O–H groups in total. The van der Waals surface area contributed by atoms with Crippen LogP contribution in [-0.2, 0) is 21.4 Å². The Morgan fingerprint density at radius 3 is 2.59 bits per heavy atom. The SMILES string of the molecule is CCOC(=O)CCc1c(Oc2ccc(F)c(-c3ncc(C(C)(C)c4ccccc4)[nH]3)c2)c(F)cc2[nH]ccc12. The molecule has 0 unspecified atom stereocenters. The number of hydrogen-bond acceptors (Lipinski definition) is 4. The summed E-state index contributed by atoms with van der Waals surface area (Å²) in [5.41, 5.74) is 2.82. The van der Waals surface area contributed by atoms with Gasteiger partial charge in [-0.05, 0) is 43.2 Å². The van der Waals surface area contributed by atoms with Gasteiger partial charge in [0.1, 0.15) is 17.4 Å². The van der Waals surface area contributed by atoms with Crippen LogP contribution in [0, 0.1) is 11.6 Å². The second kappa shape index (κ2) is 10.7. The highest BCUT2D eigenvalue weighted by atomic mass is 19.1. The van der Waals surface area contributed by atoms with Crippen molar-refractivity contribution < 1.29 is 23.0 Å². The van der Waals surface area contributed by atoms with E-state index in [0.717, 1.165) is 16.6 Å². The number of halogens is 2. The van der Waals surface area contributed by atoms with E-state index in [1.165, 1.54) is 24.3 Å². The van der Waals surface area contributed by atoms with E-state index in [-0.39, 0.29) is 47.9 Å². The second-order valence-corrected chi connectivity index (χ2v) is 9.79. The third-order valence-electron chi connectivity index (χ3n) is 6.91. The van der Waals surface area contributed by atoms with Gasteiger partial charge in [0.25, 0.3) is 0 Å². The zero-order chi connectivity index (χ0) is 27.6. The number of aromatic nitrogens is 3. The standard InChI is InChI=1S/C31H29F2N3O3/c1-4-38-28(37)13-11-22-21-14-15-34-26(21)17-25(33)29(22)39-20-10-12-24(32)23(16-20)30-35-18-27(36-30)31(2,3)19-8-6-5-7-9-19/h5-10,12,14-18,34H,4,11,13H2,1-3H3,(H,35,36). The monoisotopic (exact) mass is 529 g/mol. The van der Waals surface area contributed by atoms with Gasteiger partial charge in [-0.25, -0.2) is 13.8 Å². The smallest absolute Gasteiger partial charge is 0.306 e. The van der Waals surface area contributed by atoms with Gasteiger partial charge in [-0.1, -0.05) is 44.2 Å². The van der Waals surface area contributed by atoms with Gasteiger partial charge < -0.3 is 19.4 Å². The summed E-state index contributed by atoms with van der Waals surface area (Å²) >= 11 is 0. The van der Waals surface area contributed by atoms with Crippen molar-refractivity contribution in [2.75, 3.05) is 6.61 Å². The zero-order valence-electron chi connectivity index (χ0n) is 22.0. The number of ether oxygens (including phenoxy) is 2. The first-order valence-corrected chi connectivity index (χ1v) is 12.8. The number of aryl methyl sites for hydroxylation is 1. The second-order valence-electron chi connectivity index (χ2n) is 9.79. The number of rotatable bonds is 9. The maximum atomic E-state index is 15.3. The number of aromatic amines is 2. The van der Waals surface area contributed by atoms with Crippen LogP contribution in [0.25, 0.3) is 22.3 Å². The molecule has 3 aromatic carbocycles. The van der Waals surface area contributed by atoms with Gasteiger partial charge in [0.05, 0.1) is 12.2 Å². The lowest BCUT2D eigenvalue weighted by Crippen LogP contribution is -2.19.